The Morgan fingerprint density at radius 2 is 2.06 bits per heavy atom. The van der Waals surface area contributed by atoms with Crippen LogP contribution in [0, 0.1) is 0 Å². The first-order valence-electron chi connectivity index (χ1n) is 5.68. The summed E-state index contributed by atoms with van der Waals surface area (Å²) < 4.78 is 1.89. The summed E-state index contributed by atoms with van der Waals surface area (Å²) in [5.41, 5.74) is 0.463. The monoisotopic (exact) mass is 227 g/mol. The lowest BCUT2D eigenvalue weighted by Gasteiger charge is -2.29. The number of aromatic nitrogens is 2. The summed E-state index contributed by atoms with van der Waals surface area (Å²) in [6.45, 7) is 5.25. The average Bonchev–Trinajstić information content (AvgIpc) is 2.79. The third-order valence-corrected chi connectivity index (χ3v) is 3.03. The molecule has 0 aliphatic heterocycles. The number of nitrogens with one attached hydrogen (secondary N) is 1. The largest absolute Gasteiger partial charge is 0.394 e. The fourth-order valence-corrected chi connectivity index (χ4v) is 1.58. The van der Waals surface area contributed by atoms with Gasteiger partial charge in [-0.2, -0.15) is 5.10 Å². The molecule has 5 heteroatoms. The van der Waals surface area contributed by atoms with Crippen molar-refractivity contribution in [3.05, 3.63) is 18.0 Å². The second kappa shape index (κ2) is 5.98. The molecular formula is C11H21N3O2. The number of hydrogen-bond acceptors (Lipinski definition) is 4. The van der Waals surface area contributed by atoms with Crippen LogP contribution >= 0.6 is 0 Å². The van der Waals surface area contributed by atoms with Crippen molar-refractivity contribution in [3.63, 3.8) is 0 Å². The van der Waals surface area contributed by atoms with Gasteiger partial charge in [0.25, 0.3) is 0 Å². The van der Waals surface area contributed by atoms with E-state index in [0.29, 0.717) is 13.0 Å². The predicted octanol–water partition coefficient (Wildman–Crippen LogP) is 0.126. The van der Waals surface area contributed by atoms with Crippen molar-refractivity contribution in [2.24, 2.45) is 0 Å². The molecule has 0 saturated carbocycles. The molecule has 0 spiro atoms. The van der Waals surface area contributed by atoms with Gasteiger partial charge in [0.15, 0.2) is 0 Å². The zero-order chi connectivity index (χ0) is 12.0. The van der Waals surface area contributed by atoms with Gasteiger partial charge in [-0.05, 0) is 19.4 Å². The van der Waals surface area contributed by atoms with Crippen LogP contribution in [0.3, 0.4) is 0 Å². The average molecular weight is 227 g/mol. The minimum Gasteiger partial charge on any atom is -0.394 e. The van der Waals surface area contributed by atoms with E-state index in [9.17, 15) is 10.2 Å². The SMILES string of the molecule is CCn1nccc1CNC(CC)(CO)CO. The molecule has 16 heavy (non-hydrogen) atoms. The molecule has 92 valence electrons. The molecule has 0 atom stereocenters. The fourth-order valence-electron chi connectivity index (χ4n) is 1.58. The van der Waals surface area contributed by atoms with Crippen molar-refractivity contribution in [3.8, 4) is 0 Å². The summed E-state index contributed by atoms with van der Waals surface area (Å²) in [6.07, 6.45) is 2.44. The van der Waals surface area contributed by atoms with Gasteiger partial charge in [-0.15, -0.1) is 0 Å². The molecule has 0 fully saturated rings. The molecule has 1 aromatic rings. The maximum absolute atomic E-state index is 9.29. The Labute approximate surface area is 96.1 Å². The van der Waals surface area contributed by atoms with Crippen LogP contribution in [0.15, 0.2) is 12.3 Å². The lowest BCUT2D eigenvalue weighted by molar-refractivity contribution is 0.0858. The van der Waals surface area contributed by atoms with Gasteiger partial charge in [0.1, 0.15) is 0 Å². The predicted molar refractivity (Wildman–Crippen MR) is 61.9 cm³/mol. The van der Waals surface area contributed by atoms with Crippen molar-refractivity contribution in [1.82, 2.24) is 15.1 Å². The quantitative estimate of drug-likeness (QED) is 0.619. The van der Waals surface area contributed by atoms with Gasteiger partial charge in [0.05, 0.1) is 24.4 Å². The van der Waals surface area contributed by atoms with Gasteiger partial charge in [0.2, 0.25) is 0 Å². The molecule has 0 amide bonds. The number of hydrogen-bond donors (Lipinski definition) is 3. The van der Waals surface area contributed by atoms with Crippen LogP contribution in [0.1, 0.15) is 26.0 Å². The maximum Gasteiger partial charge on any atom is 0.0648 e. The highest BCUT2D eigenvalue weighted by Crippen LogP contribution is 2.10. The summed E-state index contributed by atoms with van der Waals surface area (Å²) in [5.74, 6) is 0. The Bertz CT molecular complexity index is 300. The maximum atomic E-state index is 9.29. The molecule has 1 heterocycles. The van der Waals surface area contributed by atoms with E-state index < -0.39 is 5.54 Å². The van der Waals surface area contributed by atoms with E-state index in [1.807, 2.05) is 24.6 Å². The molecule has 0 radical (unpaired) electrons. The highest BCUT2D eigenvalue weighted by atomic mass is 16.3. The lowest BCUT2D eigenvalue weighted by Crippen LogP contribution is -2.51. The van der Waals surface area contributed by atoms with Gasteiger partial charge in [-0.25, -0.2) is 0 Å². The smallest absolute Gasteiger partial charge is 0.0648 e. The number of aliphatic hydroxyl groups excluding tert-OH is 2. The summed E-state index contributed by atoms with van der Waals surface area (Å²) in [5, 5.41) is 25.9. The van der Waals surface area contributed by atoms with Crippen LogP contribution in [0.25, 0.3) is 0 Å². The minimum atomic E-state index is -0.594. The molecule has 3 N–H and O–H groups in total. The van der Waals surface area contributed by atoms with Gasteiger partial charge in [-0.1, -0.05) is 6.92 Å². The number of nitrogens with zero attached hydrogens (tertiary/aromatic N) is 2. The minimum absolute atomic E-state index is 0.0692. The van der Waals surface area contributed by atoms with Crippen molar-refractivity contribution in [2.75, 3.05) is 13.2 Å². The molecule has 1 aromatic heterocycles. The fraction of sp³-hybridized carbons (Fsp3) is 0.727. The third kappa shape index (κ3) is 2.81. The van der Waals surface area contributed by atoms with E-state index in [2.05, 4.69) is 10.4 Å². The second-order valence-electron chi connectivity index (χ2n) is 3.94. The molecule has 0 bridgehead atoms. The molecule has 0 aliphatic carbocycles. The highest BCUT2D eigenvalue weighted by Gasteiger charge is 2.25. The van der Waals surface area contributed by atoms with E-state index in [-0.39, 0.29) is 13.2 Å². The van der Waals surface area contributed by atoms with Gasteiger partial charge in [0, 0.05) is 19.3 Å². The van der Waals surface area contributed by atoms with E-state index in [0.717, 1.165) is 12.2 Å². The van der Waals surface area contributed by atoms with Crippen LogP contribution in [0.5, 0.6) is 0 Å². The second-order valence-corrected chi connectivity index (χ2v) is 3.94. The van der Waals surface area contributed by atoms with Crippen molar-refractivity contribution < 1.29 is 10.2 Å². The normalized spacial score (nSPS) is 12.0. The first kappa shape index (κ1) is 13.2. The zero-order valence-electron chi connectivity index (χ0n) is 9.98. The van der Waals surface area contributed by atoms with Crippen LogP contribution in [0.4, 0.5) is 0 Å². The Hall–Kier alpha value is -0.910. The molecular weight excluding hydrogens is 206 g/mol. The topological polar surface area (TPSA) is 70.3 Å². The third-order valence-electron chi connectivity index (χ3n) is 3.03. The van der Waals surface area contributed by atoms with Crippen LogP contribution in [-0.2, 0) is 13.1 Å². The van der Waals surface area contributed by atoms with E-state index >= 15 is 0 Å². The van der Waals surface area contributed by atoms with Crippen LogP contribution in [0.2, 0.25) is 0 Å². The molecule has 0 unspecified atom stereocenters. The Kier molecular flexibility index (Phi) is 4.92. The van der Waals surface area contributed by atoms with E-state index in [4.69, 9.17) is 0 Å². The lowest BCUT2D eigenvalue weighted by atomic mass is 9.98. The number of aryl methyl sites for hydroxylation is 1. The molecule has 5 nitrogen and oxygen atoms in total. The van der Waals surface area contributed by atoms with E-state index in [1.165, 1.54) is 0 Å². The Morgan fingerprint density at radius 1 is 1.38 bits per heavy atom. The van der Waals surface area contributed by atoms with Crippen LogP contribution < -0.4 is 5.32 Å². The zero-order valence-corrected chi connectivity index (χ0v) is 9.98. The summed E-state index contributed by atoms with van der Waals surface area (Å²) in [7, 11) is 0. The molecule has 0 aromatic carbocycles. The summed E-state index contributed by atoms with van der Waals surface area (Å²) >= 11 is 0. The van der Waals surface area contributed by atoms with Gasteiger partial charge < -0.3 is 15.5 Å². The highest BCUT2D eigenvalue weighted by molar-refractivity contribution is 5.01. The molecule has 0 aliphatic rings. The standard InChI is InChI=1S/C11H21N3O2/c1-3-11(8-15,9-16)12-7-10-5-6-13-14(10)4-2/h5-6,12,15-16H,3-4,7-9H2,1-2H3. The van der Waals surface area contributed by atoms with Gasteiger partial charge in [-0.3, -0.25) is 4.68 Å². The van der Waals surface area contributed by atoms with Crippen molar-refractivity contribution in [2.45, 2.75) is 38.9 Å². The summed E-state index contributed by atoms with van der Waals surface area (Å²) in [4.78, 5) is 0. The molecule has 0 saturated heterocycles. The first-order chi connectivity index (χ1) is 7.71. The Morgan fingerprint density at radius 3 is 2.56 bits per heavy atom. The number of aliphatic hydroxyl groups is 2. The van der Waals surface area contributed by atoms with Crippen molar-refractivity contribution in [1.29, 1.82) is 0 Å². The first-order valence-corrected chi connectivity index (χ1v) is 5.68. The summed E-state index contributed by atoms with van der Waals surface area (Å²) in [6, 6.07) is 1.94. The van der Waals surface area contributed by atoms with Gasteiger partial charge >= 0.3 is 0 Å². The van der Waals surface area contributed by atoms with Crippen molar-refractivity contribution >= 4 is 0 Å². The Balaban J connectivity index is 2.62. The van der Waals surface area contributed by atoms with E-state index in [1.54, 1.807) is 6.20 Å². The number of rotatable bonds is 7. The van der Waals surface area contributed by atoms with Crippen LogP contribution in [-0.4, -0.2) is 38.7 Å². The molecule has 1 rings (SSSR count).